The van der Waals surface area contributed by atoms with Crippen molar-refractivity contribution in [1.29, 1.82) is 0 Å². The van der Waals surface area contributed by atoms with Crippen molar-refractivity contribution >= 4 is 34.2 Å². The Balaban J connectivity index is 1.66. The van der Waals surface area contributed by atoms with Gasteiger partial charge in [0.2, 0.25) is 5.78 Å². The molecule has 0 fully saturated rings. The summed E-state index contributed by atoms with van der Waals surface area (Å²) in [5, 5.41) is 4.18. The molecular weight excluding hydrogens is 430 g/mol. The minimum atomic E-state index is -1.75. The molecule has 0 saturated carbocycles. The number of pyridine rings is 1. The van der Waals surface area contributed by atoms with E-state index in [0.717, 1.165) is 18.2 Å². The first kappa shape index (κ1) is 20.8. The molecule has 0 atom stereocenters. The van der Waals surface area contributed by atoms with Crippen LogP contribution in [-0.2, 0) is 0 Å². The van der Waals surface area contributed by atoms with Crippen LogP contribution in [-0.4, -0.2) is 26.8 Å². The standard InChI is InChI=1S/C21H11F4N5O2/c22-10-2-1-3-11(6-10)29-21(32)30-14-7-12(23)18(24)17(19(14)25)20(31)15-8-13-16(9-28-15)27-5-4-26-13/h1-9H,(H2,29,30,32). The van der Waals surface area contributed by atoms with Crippen molar-refractivity contribution in [3.05, 3.63) is 89.5 Å². The van der Waals surface area contributed by atoms with Gasteiger partial charge in [-0.15, -0.1) is 0 Å². The molecule has 2 amide bonds. The van der Waals surface area contributed by atoms with Crippen LogP contribution in [0, 0.1) is 23.3 Å². The van der Waals surface area contributed by atoms with Crippen molar-refractivity contribution in [1.82, 2.24) is 15.0 Å². The van der Waals surface area contributed by atoms with Gasteiger partial charge in [0.15, 0.2) is 17.5 Å². The highest BCUT2D eigenvalue weighted by Gasteiger charge is 2.27. The molecule has 0 spiro atoms. The Kier molecular flexibility index (Phi) is 5.46. The second-order valence-corrected chi connectivity index (χ2v) is 6.44. The third-order valence-corrected chi connectivity index (χ3v) is 4.30. The maximum absolute atomic E-state index is 14.9. The molecule has 2 heterocycles. The Morgan fingerprint density at radius 1 is 0.812 bits per heavy atom. The van der Waals surface area contributed by atoms with Crippen LogP contribution in [0.3, 0.4) is 0 Å². The lowest BCUT2D eigenvalue weighted by Gasteiger charge is -2.12. The average Bonchev–Trinajstić information content (AvgIpc) is 2.77. The van der Waals surface area contributed by atoms with Gasteiger partial charge < -0.3 is 10.6 Å². The van der Waals surface area contributed by atoms with E-state index >= 15 is 0 Å². The summed E-state index contributed by atoms with van der Waals surface area (Å²) in [7, 11) is 0. The second kappa shape index (κ2) is 8.38. The predicted molar refractivity (Wildman–Crippen MR) is 106 cm³/mol. The van der Waals surface area contributed by atoms with E-state index < -0.39 is 52.0 Å². The zero-order valence-corrected chi connectivity index (χ0v) is 15.9. The fraction of sp³-hybridized carbons (Fsp3) is 0. The number of nitrogens with zero attached hydrogens (tertiary/aromatic N) is 3. The van der Waals surface area contributed by atoms with Crippen molar-refractivity contribution in [2.45, 2.75) is 0 Å². The molecule has 0 aliphatic carbocycles. The summed E-state index contributed by atoms with van der Waals surface area (Å²) in [6.07, 6.45) is 3.92. The molecule has 32 heavy (non-hydrogen) atoms. The largest absolute Gasteiger partial charge is 0.323 e. The summed E-state index contributed by atoms with van der Waals surface area (Å²) in [6, 6.07) is 5.27. The van der Waals surface area contributed by atoms with E-state index in [1.54, 1.807) is 0 Å². The Morgan fingerprint density at radius 2 is 1.56 bits per heavy atom. The highest BCUT2D eigenvalue weighted by molar-refractivity contribution is 6.10. The molecule has 7 nitrogen and oxygen atoms in total. The van der Waals surface area contributed by atoms with Crippen molar-refractivity contribution in [3.63, 3.8) is 0 Å². The zero-order valence-electron chi connectivity index (χ0n) is 15.9. The van der Waals surface area contributed by atoms with E-state index in [2.05, 4.69) is 20.3 Å². The number of urea groups is 1. The van der Waals surface area contributed by atoms with Crippen LogP contribution in [0.2, 0.25) is 0 Å². The van der Waals surface area contributed by atoms with Crippen LogP contribution in [0.25, 0.3) is 11.0 Å². The summed E-state index contributed by atoms with van der Waals surface area (Å²) >= 11 is 0. The summed E-state index contributed by atoms with van der Waals surface area (Å²) in [6.45, 7) is 0. The summed E-state index contributed by atoms with van der Waals surface area (Å²) < 4.78 is 56.7. The summed E-state index contributed by atoms with van der Waals surface area (Å²) in [4.78, 5) is 36.6. The van der Waals surface area contributed by atoms with Crippen LogP contribution in [0.4, 0.5) is 33.7 Å². The molecule has 11 heteroatoms. The summed E-state index contributed by atoms with van der Waals surface area (Å²) in [5.74, 6) is -6.73. The molecular formula is C21H11F4N5O2. The number of halogens is 4. The number of aromatic nitrogens is 3. The molecule has 0 radical (unpaired) electrons. The van der Waals surface area contributed by atoms with Gasteiger partial charge in [0.1, 0.15) is 22.6 Å². The molecule has 0 unspecified atom stereocenters. The maximum atomic E-state index is 14.9. The number of anilines is 2. The third kappa shape index (κ3) is 4.08. The molecule has 0 aliphatic rings. The number of amides is 2. The minimum absolute atomic E-state index is 0.0308. The van der Waals surface area contributed by atoms with E-state index in [1.165, 1.54) is 30.7 Å². The van der Waals surface area contributed by atoms with Crippen molar-refractivity contribution in [3.8, 4) is 0 Å². The van der Waals surface area contributed by atoms with Crippen LogP contribution in [0.1, 0.15) is 16.1 Å². The number of benzene rings is 2. The van der Waals surface area contributed by atoms with Gasteiger partial charge in [-0.25, -0.2) is 22.4 Å². The van der Waals surface area contributed by atoms with Crippen molar-refractivity contribution < 1.29 is 27.2 Å². The van der Waals surface area contributed by atoms with Gasteiger partial charge in [-0.05, 0) is 24.3 Å². The Hall–Kier alpha value is -4.41. The van der Waals surface area contributed by atoms with Crippen molar-refractivity contribution in [2.75, 3.05) is 10.6 Å². The SMILES string of the molecule is O=C(Nc1cccc(F)c1)Nc1cc(F)c(F)c(C(=O)c2cc3nccnc3cn2)c1F. The fourth-order valence-corrected chi connectivity index (χ4v) is 2.87. The Labute approximate surface area is 177 Å². The van der Waals surface area contributed by atoms with Gasteiger partial charge in [-0.3, -0.25) is 19.7 Å². The number of fused-ring (bicyclic) bond motifs is 1. The minimum Gasteiger partial charge on any atom is -0.308 e. The highest BCUT2D eigenvalue weighted by atomic mass is 19.2. The lowest BCUT2D eigenvalue weighted by molar-refractivity contribution is 0.102. The number of rotatable bonds is 4. The molecule has 2 aromatic heterocycles. The normalized spacial score (nSPS) is 10.8. The number of nitrogens with one attached hydrogen (secondary N) is 2. The molecule has 4 aromatic rings. The topological polar surface area (TPSA) is 96.9 Å². The molecule has 0 saturated heterocycles. The molecule has 0 aliphatic heterocycles. The first-order valence-electron chi connectivity index (χ1n) is 8.96. The van der Waals surface area contributed by atoms with E-state index in [1.807, 2.05) is 5.32 Å². The first-order valence-corrected chi connectivity index (χ1v) is 8.96. The van der Waals surface area contributed by atoms with E-state index in [4.69, 9.17) is 0 Å². The number of carbonyl (C=O) groups is 2. The van der Waals surface area contributed by atoms with Gasteiger partial charge >= 0.3 is 6.03 Å². The van der Waals surface area contributed by atoms with Gasteiger partial charge in [0.05, 0.1) is 17.4 Å². The number of ketones is 1. The maximum Gasteiger partial charge on any atom is 0.323 e. The van der Waals surface area contributed by atoms with Crippen LogP contribution in [0.5, 0.6) is 0 Å². The van der Waals surface area contributed by atoms with E-state index in [9.17, 15) is 27.2 Å². The number of hydrogen-bond acceptors (Lipinski definition) is 5. The molecule has 0 bridgehead atoms. The lowest BCUT2D eigenvalue weighted by atomic mass is 10.0. The average molecular weight is 441 g/mol. The van der Waals surface area contributed by atoms with Gasteiger partial charge in [0, 0.05) is 24.1 Å². The van der Waals surface area contributed by atoms with Crippen LogP contribution in [0.15, 0.2) is 55.0 Å². The first-order chi connectivity index (χ1) is 15.3. The summed E-state index contributed by atoms with van der Waals surface area (Å²) in [5.41, 5.74) is -1.86. The van der Waals surface area contributed by atoms with E-state index in [-0.39, 0.29) is 11.2 Å². The fourth-order valence-electron chi connectivity index (χ4n) is 2.87. The molecule has 160 valence electrons. The number of carbonyl (C=O) groups excluding carboxylic acids is 2. The third-order valence-electron chi connectivity index (χ3n) is 4.30. The van der Waals surface area contributed by atoms with Gasteiger partial charge in [-0.1, -0.05) is 6.07 Å². The van der Waals surface area contributed by atoms with Gasteiger partial charge in [0.25, 0.3) is 0 Å². The lowest BCUT2D eigenvalue weighted by Crippen LogP contribution is -2.22. The van der Waals surface area contributed by atoms with Crippen LogP contribution >= 0.6 is 0 Å². The predicted octanol–water partition coefficient (Wildman–Crippen LogP) is 4.46. The van der Waals surface area contributed by atoms with Crippen LogP contribution < -0.4 is 10.6 Å². The van der Waals surface area contributed by atoms with Gasteiger partial charge in [-0.2, -0.15) is 0 Å². The Morgan fingerprint density at radius 3 is 2.31 bits per heavy atom. The molecule has 4 rings (SSSR count). The molecule has 2 aromatic carbocycles. The monoisotopic (exact) mass is 441 g/mol. The van der Waals surface area contributed by atoms with E-state index in [0.29, 0.717) is 11.6 Å². The quantitative estimate of drug-likeness (QED) is 0.277. The second-order valence-electron chi connectivity index (χ2n) is 6.44. The smallest absolute Gasteiger partial charge is 0.308 e. The number of hydrogen-bond donors (Lipinski definition) is 2. The zero-order chi connectivity index (χ0) is 22.8. The van der Waals surface area contributed by atoms with Crippen molar-refractivity contribution in [2.24, 2.45) is 0 Å². The highest BCUT2D eigenvalue weighted by Crippen LogP contribution is 2.27. The molecule has 2 N–H and O–H groups in total. The Bertz CT molecular complexity index is 1380.